The molecule has 0 bridgehead atoms. The molecule has 0 radical (unpaired) electrons. The van der Waals surface area contributed by atoms with Crippen molar-refractivity contribution in [1.82, 2.24) is 0 Å². The van der Waals surface area contributed by atoms with Gasteiger partial charge in [-0.3, -0.25) is 0 Å². The van der Waals surface area contributed by atoms with Crippen molar-refractivity contribution in [1.29, 1.82) is 0 Å². The van der Waals surface area contributed by atoms with E-state index in [1.165, 1.54) is 0 Å². The Morgan fingerprint density at radius 3 is 1.17 bits per heavy atom. The summed E-state index contributed by atoms with van der Waals surface area (Å²) in [5.41, 5.74) is 0. The van der Waals surface area contributed by atoms with Gasteiger partial charge in [-0.05, 0) is 0 Å². The molecule has 146 valence electrons. The third kappa shape index (κ3) is 10.5. The van der Waals surface area contributed by atoms with Gasteiger partial charge in [0, 0.05) is 0 Å². The lowest BCUT2D eigenvalue weighted by Gasteiger charge is -2.31. The third-order valence-electron chi connectivity index (χ3n) is 2.99. The number of ether oxygens (including phenoxy) is 4. The Kier molecular flexibility index (Phi) is 15.8. The first-order chi connectivity index (χ1) is 11.6. The quantitative estimate of drug-likeness (QED) is 0.144. The highest BCUT2D eigenvalue weighted by molar-refractivity contribution is 4.83. The average Bonchev–Trinajstić information content (AvgIpc) is 2.59. The second kappa shape index (κ2) is 16.1. The molecular weight excluding hydrogens is 328 g/mol. The van der Waals surface area contributed by atoms with Crippen LogP contribution in [0.2, 0.25) is 0 Å². The van der Waals surface area contributed by atoms with Gasteiger partial charge in [-0.15, -0.1) is 0 Å². The van der Waals surface area contributed by atoms with Gasteiger partial charge in [0.2, 0.25) is 0 Å². The molecule has 0 spiro atoms. The maximum absolute atomic E-state index is 10.3. The van der Waals surface area contributed by atoms with Crippen LogP contribution in [0.15, 0.2) is 0 Å². The van der Waals surface area contributed by atoms with E-state index in [0.29, 0.717) is 0 Å². The van der Waals surface area contributed by atoms with Gasteiger partial charge < -0.3 is 49.6 Å². The molecule has 0 heterocycles. The van der Waals surface area contributed by atoms with E-state index < -0.39 is 24.4 Å². The van der Waals surface area contributed by atoms with Crippen molar-refractivity contribution in [2.75, 3.05) is 66.1 Å². The van der Waals surface area contributed by atoms with Crippen LogP contribution in [0.3, 0.4) is 0 Å². The van der Waals surface area contributed by atoms with Gasteiger partial charge in [0.15, 0.2) is 0 Å². The fourth-order valence-corrected chi connectivity index (χ4v) is 1.87. The normalized spacial score (nSPS) is 16.8. The Bertz CT molecular complexity index is 242. The van der Waals surface area contributed by atoms with Crippen LogP contribution in [0, 0.1) is 0 Å². The van der Waals surface area contributed by atoms with Crippen molar-refractivity contribution in [2.45, 2.75) is 24.4 Å². The summed E-state index contributed by atoms with van der Waals surface area (Å²) in [6, 6.07) is 0. The molecule has 0 aliphatic rings. The lowest BCUT2D eigenvalue weighted by Crippen LogP contribution is -2.50. The second-order valence-corrected chi connectivity index (χ2v) is 4.84. The van der Waals surface area contributed by atoms with E-state index in [0.717, 1.165) is 0 Å². The molecular formula is C14H30O10. The van der Waals surface area contributed by atoms with E-state index in [-0.39, 0.29) is 66.1 Å². The summed E-state index contributed by atoms with van der Waals surface area (Å²) >= 11 is 0. The smallest absolute Gasteiger partial charge is 0.111 e. The monoisotopic (exact) mass is 358 g/mol. The zero-order chi connectivity index (χ0) is 18.2. The molecule has 0 aromatic carbocycles. The fourth-order valence-electron chi connectivity index (χ4n) is 1.87. The summed E-state index contributed by atoms with van der Waals surface area (Å²) in [6.07, 6.45) is -4.76. The van der Waals surface area contributed by atoms with E-state index in [2.05, 4.69) is 0 Å². The summed E-state index contributed by atoms with van der Waals surface area (Å²) in [5.74, 6) is 0. The van der Waals surface area contributed by atoms with Gasteiger partial charge >= 0.3 is 0 Å². The second-order valence-electron chi connectivity index (χ2n) is 4.84. The first-order valence-corrected chi connectivity index (χ1v) is 7.80. The maximum atomic E-state index is 10.3. The summed E-state index contributed by atoms with van der Waals surface area (Å²) in [6.45, 7) is -1.25. The molecule has 24 heavy (non-hydrogen) atoms. The van der Waals surface area contributed by atoms with E-state index in [9.17, 15) is 10.2 Å². The lowest BCUT2D eigenvalue weighted by atomic mass is 10.0. The molecule has 4 unspecified atom stereocenters. The first kappa shape index (κ1) is 23.6. The molecule has 4 atom stereocenters. The molecule has 0 amide bonds. The molecule has 6 N–H and O–H groups in total. The van der Waals surface area contributed by atoms with Crippen LogP contribution in [0.25, 0.3) is 0 Å². The van der Waals surface area contributed by atoms with E-state index >= 15 is 0 Å². The minimum absolute atomic E-state index is 0.0336. The van der Waals surface area contributed by atoms with Crippen LogP contribution in [0.4, 0.5) is 0 Å². The Hall–Kier alpha value is -0.400. The van der Waals surface area contributed by atoms with Gasteiger partial charge in [0.05, 0.1) is 66.1 Å². The number of rotatable bonds is 17. The van der Waals surface area contributed by atoms with Crippen LogP contribution in [0.1, 0.15) is 0 Å². The Morgan fingerprint density at radius 1 is 0.542 bits per heavy atom. The van der Waals surface area contributed by atoms with E-state index in [1.807, 2.05) is 0 Å². The first-order valence-electron chi connectivity index (χ1n) is 7.80. The number of aliphatic hydroxyl groups excluding tert-OH is 6. The molecule has 0 aromatic heterocycles. The summed E-state index contributed by atoms with van der Waals surface area (Å²) in [7, 11) is 0. The van der Waals surface area contributed by atoms with Gasteiger partial charge in [-0.1, -0.05) is 0 Å². The topological polar surface area (TPSA) is 158 Å². The summed E-state index contributed by atoms with van der Waals surface area (Å²) in [4.78, 5) is 0. The minimum Gasteiger partial charge on any atom is -0.394 e. The molecule has 0 aliphatic carbocycles. The predicted molar refractivity (Wildman–Crippen MR) is 81.5 cm³/mol. The highest BCUT2D eigenvalue weighted by atomic mass is 16.6. The standard InChI is InChI=1S/C14H30O10/c15-1-5-21-9-11(23-7-3-17)13(19)14(20)12(24-8-4-18)10-22-6-2-16/h11-20H,1-10H2. The maximum Gasteiger partial charge on any atom is 0.111 e. The Labute approximate surface area is 141 Å². The van der Waals surface area contributed by atoms with E-state index in [4.69, 9.17) is 39.4 Å². The van der Waals surface area contributed by atoms with Gasteiger partial charge in [0.25, 0.3) is 0 Å². The molecule has 0 fully saturated rings. The Morgan fingerprint density at radius 2 is 0.875 bits per heavy atom. The SMILES string of the molecule is OCCOCC(OCCO)C(O)C(O)C(COCCO)OCCO. The Balaban J connectivity index is 4.70. The molecule has 0 saturated heterocycles. The lowest BCUT2D eigenvalue weighted by molar-refractivity contribution is -0.167. The van der Waals surface area contributed by atoms with Crippen LogP contribution in [-0.4, -0.2) is 121 Å². The largest absolute Gasteiger partial charge is 0.394 e. The highest BCUT2D eigenvalue weighted by Crippen LogP contribution is 2.12. The summed E-state index contributed by atoms with van der Waals surface area (Å²) < 4.78 is 20.7. The fraction of sp³-hybridized carbons (Fsp3) is 1.00. The highest BCUT2D eigenvalue weighted by Gasteiger charge is 2.34. The van der Waals surface area contributed by atoms with Crippen molar-refractivity contribution in [3.05, 3.63) is 0 Å². The van der Waals surface area contributed by atoms with Crippen LogP contribution >= 0.6 is 0 Å². The number of hydrogen-bond donors (Lipinski definition) is 6. The van der Waals surface area contributed by atoms with Crippen LogP contribution < -0.4 is 0 Å². The summed E-state index contributed by atoms with van der Waals surface area (Å²) in [5, 5.41) is 55.6. The molecule has 10 heteroatoms. The number of hydrogen-bond acceptors (Lipinski definition) is 10. The minimum atomic E-state index is -1.42. The molecule has 0 saturated carbocycles. The third-order valence-corrected chi connectivity index (χ3v) is 2.99. The predicted octanol–water partition coefficient (Wildman–Crippen LogP) is -3.52. The van der Waals surface area contributed by atoms with Crippen molar-refractivity contribution >= 4 is 0 Å². The zero-order valence-electron chi connectivity index (χ0n) is 13.7. The van der Waals surface area contributed by atoms with Crippen LogP contribution in [-0.2, 0) is 18.9 Å². The molecule has 0 aliphatic heterocycles. The molecule has 10 nitrogen and oxygen atoms in total. The average molecular weight is 358 g/mol. The van der Waals surface area contributed by atoms with Crippen LogP contribution in [0.5, 0.6) is 0 Å². The molecule has 0 rings (SSSR count). The van der Waals surface area contributed by atoms with Gasteiger partial charge in [0.1, 0.15) is 24.4 Å². The van der Waals surface area contributed by atoms with Gasteiger partial charge in [-0.25, -0.2) is 0 Å². The number of aliphatic hydroxyl groups is 6. The zero-order valence-corrected chi connectivity index (χ0v) is 13.7. The van der Waals surface area contributed by atoms with Crippen molar-refractivity contribution in [3.8, 4) is 0 Å². The van der Waals surface area contributed by atoms with Crippen molar-refractivity contribution in [3.63, 3.8) is 0 Å². The van der Waals surface area contributed by atoms with Crippen molar-refractivity contribution in [2.24, 2.45) is 0 Å². The van der Waals surface area contributed by atoms with E-state index in [1.54, 1.807) is 0 Å². The molecule has 0 aromatic rings. The van der Waals surface area contributed by atoms with Gasteiger partial charge in [-0.2, -0.15) is 0 Å². The van der Waals surface area contributed by atoms with Crippen molar-refractivity contribution < 1.29 is 49.6 Å².